The molecule has 19 heavy (non-hydrogen) atoms. The van der Waals surface area contributed by atoms with E-state index < -0.39 is 0 Å². The first-order chi connectivity index (χ1) is 8.43. The van der Waals surface area contributed by atoms with Crippen molar-refractivity contribution in [2.75, 3.05) is 7.05 Å². The highest BCUT2D eigenvalue weighted by Gasteiger charge is 2.26. The van der Waals surface area contributed by atoms with Crippen LogP contribution in [0.4, 0.5) is 0 Å². The standard InChI is InChI=1S/C16H26N2O/c1-11-9-12(14(19)18(8)16(5,6)7)17-13(10-11)15(2,3)4/h9-10H,1-8H3. The average molecular weight is 262 g/mol. The van der Waals surface area contributed by atoms with Crippen LogP contribution in [0.15, 0.2) is 12.1 Å². The van der Waals surface area contributed by atoms with Gasteiger partial charge in [0.15, 0.2) is 0 Å². The van der Waals surface area contributed by atoms with Gasteiger partial charge in [0.1, 0.15) is 5.69 Å². The second-order valence-corrected chi connectivity index (χ2v) is 7.20. The Labute approximate surface area is 117 Å². The summed E-state index contributed by atoms with van der Waals surface area (Å²) in [6.07, 6.45) is 0. The van der Waals surface area contributed by atoms with E-state index in [0.717, 1.165) is 11.3 Å². The van der Waals surface area contributed by atoms with Crippen LogP contribution in [0.3, 0.4) is 0 Å². The van der Waals surface area contributed by atoms with Crippen molar-refractivity contribution in [1.29, 1.82) is 0 Å². The third-order valence-corrected chi connectivity index (χ3v) is 3.27. The van der Waals surface area contributed by atoms with Crippen molar-refractivity contribution in [3.05, 3.63) is 29.1 Å². The molecule has 0 aliphatic rings. The Bertz CT molecular complexity index is 479. The predicted molar refractivity (Wildman–Crippen MR) is 79.5 cm³/mol. The molecule has 3 nitrogen and oxygen atoms in total. The van der Waals surface area contributed by atoms with Gasteiger partial charge in [-0.25, -0.2) is 4.98 Å². The van der Waals surface area contributed by atoms with Crippen LogP contribution in [0.5, 0.6) is 0 Å². The molecule has 0 N–H and O–H groups in total. The van der Waals surface area contributed by atoms with Crippen molar-refractivity contribution in [2.45, 2.75) is 59.4 Å². The van der Waals surface area contributed by atoms with E-state index in [9.17, 15) is 4.79 Å². The number of hydrogen-bond donors (Lipinski definition) is 0. The minimum absolute atomic E-state index is 0.0262. The summed E-state index contributed by atoms with van der Waals surface area (Å²) in [4.78, 5) is 18.8. The summed E-state index contributed by atoms with van der Waals surface area (Å²) in [6.45, 7) is 14.4. The molecule has 0 saturated carbocycles. The minimum Gasteiger partial charge on any atom is -0.336 e. The fourth-order valence-electron chi connectivity index (χ4n) is 1.64. The van der Waals surface area contributed by atoms with Crippen LogP contribution >= 0.6 is 0 Å². The Morgan fingerprint density at radius 1 is 1.11 bits per heavy atom. The van der Waals surface area contributed by atoms with Gasteiger partial charge in [-0.1, -0.05) is 20.8 Å². The molecule has 3 heteroatoms. The lowest BCUT2D eigenvalue weighted by Gasteiger charge is -2.32. The second-order valence-electron chi connectivity index (χ2n) is 7.20. The van der Waals surface area contributed by atoms with Crippen LogP contribution < -0.4 is 0 Å². The zero-order chi connectivity index (χ0) is 15.0. The third kappa shape index (κ3) is 3.79. The maximum Gasteiger partial charge on any atom is 0.272 e. The first kappa shape index (κ1) is 15.7. The highest BCUT2D eigenvalue weighted by molar-refractivity contribution is 5.92. The normalized spacial score (nSPS) is 12.4. The van der Waals surface area contributed by atoms with Gasteiger partial charge in [-0.05, 0) is 45.4 Å². The van der Waals surface area contributed by atoms with Gasteiger partial charge in [0.25, 0.3) is 5.91 Å². The first-order valence-corrected chi connectivity index (χ1v) is 6.70. The van der Waals surface area contributed by atoms with Gasteiger partial charge in [-0.15, -0.1) is 0 Å². The fourth-order valence-corrected chi connectivity index (χ4v) is 1.64. The molecule has 0 atom stereocenters. The Morgan fingerprint density at radius 2 is 1.63 bits per heavy atom. The van der Waals surface area contributed by atoms with E-state index in [1.54, 1.807) is 4.90 Å². The van der Waals surface area contributed by atoms with Gasteiger partial charge < -0.3 is 4.90 Å². The number of pyridine rings is 1. The molecule has 0 radical (unpaired) electrons. The number of amides is 1. The molecule has 0 fully saturated rings. The molecule has 1 aromatic heterocycles. The van der Waals surface area contributed by atoms with Crippen LogP contribution in [0.2, 0.25) is 0 Å². The molecule has 0 unspecified atom stereocenters. The van der Waals surface area contributed by atoms with Crippen molar-refractivity contribution in [1.82, 2.24) is 9.88 Å². The molecule has 0 aromatic carbocycles. The Balaban J connectivity index is 3.22. The summed E-state index contributed by atoms with van der Waals surface area (Å²) in [5.74, 6) is -0.0262. The van der Waals surface area contributed by atoms with Crippen LogP contribution in [-0.4, -0.2) is 28.4 Å². The Morgan fingerprint density at radius 3 is 2.05 bits per heavy atom. The van der Waals surface area contributed by atoms with Crippen molar-refractivity contribution >= 4 is 5.91 Å². The average Bonchev–Trinajstić information content (AvgIpc) is 2.23. The van der Waals surface area contributed by atoms with Crippen LogP contribution in [0.25, 0.3) is 0 Å². The fraction of sp³-hybridized carbons (Fsp3) is 0.625. The summed E-state index contributed by atoms with van der Waals surface area (Å²) in [7, 11) is 1.82. The lowest BCUT2D eigenvalue weighted by atomic mass is 9.90. The van der Waals surface area contributed by atoms with E-state index in [4.69, 9.17) is 0 Å². The summed E-state index contributed by atoms with van der Waals surface area (Å²) < 4.78 is 0. The zero-order valence-electron chi connectivity index (χ0n) is 13.5. The van der Waals surface area contributed by atoms with Crippen LogP contribution in [-0.2, 0) is 5.41 Å². The number of aryl methyl sites for hydroxylation is 1. The maximum atomic E-state index is 12.5. The molecule has 1 rings (SSSR count). The predicted octanol–water partition coefficient (Wildman–Crippen LogP) is 3.56. The highest BCUT2D eigenvalue weighted by Crippen LogP contribution is 2.23. The van der Waals surface area contributed by atoms with Gasteiger partial charge in [0.05, 0.1) is 0 Å². The van der Waals surface area contributed by atoms with E-state index >= 15 is 0 Å². The number of nitrogens with zero attached hydrogens (tertiary/aromatic N) is 2. The monoisotopic (exact) mass is 262 g/mol. The Hall–Kier alpha value is -1.38. The molecule has 0 saturated heterocycles. The van der Waals surface area contributed by atoms with Crippen molar-refractivity contribution in [3.63, 3.8) is 0 Å². The van der Waals surface area contributed by atoms with E-state index in [-0.39, 0.29) is 16.9 Å². The SMILES string of the molecule is Cc1cc(C(=O)N(C)C(C)(C)C)nc(C(C)(C)C)c1. The van der Waals surface area contributed by atoms with Crippen molar-refractivity contribution < 1.29 is 4.79 Å². The molecule has 0 aliphatic heterocycles. The number of aromatic nitrogens is 1. The molecule has 1 aromatic rings. The molecule has 0 spiro atoms. The smallest absolute Gasteiger partial charge is 0.272 e. The maximum absolute atomic E-state index is 12.5. The van der Waals surface area contributed by atoms with Crippen LogP contribution in [0, 0.1) is 6.92 Å². The molecular weight excluding hydrogens is 236 g/mol. The molecule has 0 aliphatic carbocycles. The summed E-state index contributed by atoms with van der Waals surface area (Å²) in [5, 5.41) is 0. The number of hydrogen-bond acceptors (Lipinski definition) is 2. The number of rotatable bonds is 1. The first-order valence-electron chi connectivity index (χ1n) is 6.70. The lowest BCUT2D eigenvalue weighted by molar-refractivity contribution is 0.0649. The topological polar surface area (TPSA) is 33.2 Å². The summed E-state index contributed by atoms with van der Waals surface area (Å²) in [6, 6.07) is 3.91. The van der Waals surface area contributed by atoms with Gasteiger partial charge in [-0.2, -0.15) is 0 Å². The molecule has 1 heterocycles. The van der Waals surface area contributed by atoms with E-state index in [1.165, 1.54) is 0 Å². The van der Waals surface area contributed by atoms with Crippen LogP contribution in [0.1, 0.15) is 63.3 Å². The number of carbonyl (C=O) groups excluding carboxylic acids is 1. The zero-order valence-corrected chi connectivity index (χ0v) is 13.5. The summed E-state index contributed by atoms with van der Waals surface area (Å²) >= 11 is 0. The molecule has 106 valence electrons. The Kier molecular flexibility index (Phi) is 4.08. The van der Waals surface area contributed by atoms with E-state index in [0.29, 0.717) is 5.69 Å². The van der Waals surface area contributed by atoms with E-state index in [1.807, 2.05) is 46.9 Å². The largest absolute Gasteiger partial charge is 0.336 e. The minimum atomic E-state index is -0.204. The van der Waals surface area contributed by atoms with E-state index in [2.05, 4.69) is 25.8 Å². The van der Waals surface area contributed by atoms with Gasteiger partial charge in [0, 0.05) is 23.7 Å². The molecular formula is C16H26N2O. The third-order valence-electron chi connectivity index (χ3n) is 3.27. The molecule has 1 amide bonds. The van der Waals surface area contributed by atoms with Gasteiger partial charge in [-0.3, -0.25) is 4.79 Å². The van der Waals surface area contributed by atoms with Gasteiger partial charge >= 0.3 is 0 Å². The quantitative estimate of drug-likeness (QED) is 0.775. The number of carbonyl (C=O) groups is 1. The van der Waals surface area contributed by atoms with Crippen molar-refractivity contribution in [2.24, 2.45) is 0 Å². The highest BCUT2D eigenvalue weighted by atomic mass is 16.2. The summed E-state index contributed by atoms with van der Waals surface area (Å²) in [5.41, 5.74) is 2.30. The van der Waals surface area contributed by atoms with Crippen molar-refractivity contribution in [3.8, 4) is 0 Å². The lowest BCUT2D eigenvalue weighted by Crippen LogP contribution is -2.43. The second kappa shape index (κ2) is 4.95. The van der Waals surface area contributed by atoms with Gasteiger partial charge in [0.2, 0.25) is 0 Å². The molecule has 0 bridgehead atoms.